The molecule has 0 fully saturated rings. The maximum atomic E-state index is 11.1. The number of carbonyl (C=O) groups is 1. The van der Waals surface area contributed by atoms with Crippen LogP contribution in [0.2, 0.25) is 0 Å². The molecule has 0 atom stereocenters. The molecule has 0 bridgehead atoms. The molecule has 0 aliphatic heterocycles. The molecule has 0 aliphatic carbocycles. The van der Waals surface area contributed by atoms with Crippen LogP contribution < -0.4 is 20.5 Å². The van der Waals surface area contributed by atoms with E-state index in [2.05, 4.69) is 5.32 Å². The molecule has 0 radical (unpaired) electrons. The largest absolute Gasteiger partial charge is 0.497 e. The van der Waals surface area contributed by atoms with Crippen LogP contribution in [0.1, 0.15) is 6.42 Å². The van der Waals surface area contributed by atoms with Crippen LogP contribution in [0.4, 0.5) is 0 Å². The summed E-state index contributed by atoms with van der Waals surface area (Å²) in [7, 11) is 1.61. The summed E-state index contributed by atoms with van der Waals surface area (Å²) in [4.78, 5) is 11.1. The highest BCUT2D eigenvalue weighted by Crippen LogP contribution is 2.16. The summed E-state index contributed by atoms with van der Waals surface area (Å²) >= 11 is 0. The summed E-state index contributed by atoms with van der Waals surface area (Å²) in [5.74, 6) is 1.48. The van der Waals surface area contributed by atoms with Gasteiger partial charge >= 0.3 is 0 Å². The molecular weight excluding hydrogens is 220 g/mol. The molecule has 0 spiro atoms. The fourth-order valence-electron chi connectivity index (χ4n) is 1.25. The molecule has 3 N–H and O–H groups in total. The number of benzene rings is 1. The molecule has 0 heterocycles. The minimum atomic E-state index is -0.0502. The molecule has 0 unspecified atom stereocenters. The smallest absolute Gasteiger partial charge is 0.221 e. The van der Waals surface area contributed by atoms with Gasteiger partial charge in [-0.15, -0.1) is 0 Å². The summed E-state index contributed by atoms with van der Waals surface area (Å²) in [5, 5.41) is 2.71. The van der Waals surface area contributed by atoms with E-state index in [9.17, 15) is 4.79 Å². The molecule has 1 aromatic carbocycles. The van der Waals surface area contributed by atoms with Crippen LogP contribution in [-0.4, -0.2) is 32.7 Å². The van der Waals surface area contributed by atoms with E-state index in [1.165, 1.54) is 0 Å². The van der Waals surface area contributed by atoms with Crippen LogP contribution in [0.15, 0.2) is 24.3 Å². The highest BCUT2D eigenvalue weighted by Gasteiger charge is 1.98. The van der Waals surface area contributed by atoms with Crippen molar-refractivity contribution in [3.63, 3.8) is 0 Å². The third-order valence-corrected chi connectivity index (χ3v) is 2.12. The van der Waals surface area contributed by atoms with Crippen molar-refractivity contribution in [1.82, 2.24) is 5.32 Å². The zero-order chi connectivity index (χ0) is 12.5. The van der Waals surface area contributed by atoms with Gasteiger partial charge in [0.2, 0.25) is 5.91 Å². The molecule has 1 rings (SSSR count). The molecule has 1 amide bonds. The van der Waals surface area contributed by atoms with Crippen molar-refractivity contribution >= 4 is 5.91 Å². The monoisotopic (exact) mass is 238 g/mol. The minimum absolute atomic E-state index is 0.0502. The van der Waals surface area contributed by atoms with E-state index in [1.54, 1.807) is 7.11 Å². The second-order valence-electron chi connectivity index (χ2n) is 3.41. The number of nitrogens with two attached hydrogens (primary N) is 1. The molecule has 17 heavy (non-hydrogen) atoms. The first kappa shape index (κ1) is 13.3. The second kappa shape index (κ2) is 7.51. The maximum absolute atomic E-state index is 11.1. The Balaban J connectivity index is 2.19. The van der Waals surface area contributed by atoms with Crippen LogP contribution in [0.5, 0.6) is 11.5 Å². The third kappa shape index (κ3) is 5.21. The van der Waals surface area contributed by atoms with Crippen LogP contribution >= 0.6 is 0 Å². The first-order chi connectivity index (χ1) is 8.26. The van der Waals surface area contributed by atoms with Gasteiger partial charge in [-0.25, -0.2) is 0 Å². The van der Waals surface area contributed by atoms with Crippen LogP contribution in [0, 0.1) is 0 Å². The van der Waals surface area contributed by atoms with E-state index in [1.807, 2.05) is 24.3 Å². The summed E-state index contributed by atoms with van der Waals surface area (Å²) in [5.41, 5.74) is 5.25. The van der Waals surface area contributed by atoms with E-state index in [-0.39, 0.29) is 5.91 Å². The van der Waals surface area contributed by atoms with Crippen molar-refractivity contribution in [2.24, 2.45) is 5.73 Å². The summed E-state index contributed by atoms with van der Waals surface area (Å²) in [6.45, 7) is 1.28. The summed E-state index contributed by atoms with van der Waals surface area (Å²) in [6.07, 6.45) is 0.350. The number of hydrogen-bond acceptors (Lipinski definition) is 4. The van der Waals surface area contributed by atoms with E-state index in [0.29, 0.717) is 26.1 Å². The molecule has 94 valence electrons. The Morgan fingerprint density at radius 2 is 1.94 bits per heavy atom. The van der Waals surface area contributed by atoms with Crippen molar-refractivity contribution in [2.75, 3.05) is 26.8 Å². The number of methoxy groups -OCH3 is 1. The summed E-state index contributed by atoms with van der Waals surface area (Å²) in [6, 6.07) is 7.28. The summed E-state index contributed by atoms with van der Waals surface area (Å²) < 4.78 is 10.5. The molecule has 0 saturated carbocycles. The predicted molar refractivity (Wildman–Crippen MR) is 65.2 cm³/mol. The van der Waals surface area contributed by atoms with Gasteiger partial charge < -0.3 is 20.5 Å². The fourth-order valence-corrected chi connectivity index (χ4v) is 1.25. The Kier molecular flexibility index (Phi) is 5.88. The molecule has 5 nitrogen and oxygen atoms in total. The highest BCUT2D eigenvalue weighted by molar-refractivity contribution is 5.75. The van der Waals surface area contributed by atoms with Crippen molar-refractivity contribution in [3.05, 3.63) is 24.3 Å². The van der Waals surface area contributed by atoms with Gasteiger partial charge in [-0.2, -0.15) is 0 Å². The number of ether oxygens (including phenoxy) is 2. The van der Waals surface area contributed by atoms with Gasteiger partial charge in [0.05, 0.1) is 13.7 Å². The third-order valence-electron chi connectivity index (χ3n) is 2.12. The van der Waals surface area contributed by atoms with Gasteiger partial charge in [-0.05, 0) is 24.3 Å². The zero-order valence-corrected chi connectivity index (χ0v) is 9.94. The van der Waals surface area contributed by atoms with Gasteiger partial charge in [-0.3, -0.25) is 4.79 Å². The average molecular weight is 238 g/mol. The molecule has 1 aromatic rings. The van der Waals surface area contributed by atoms with Gasteiger partial charge in [0.15, 0.2) is 0 Å². The normalized spacial score (nSPS) is 9.76. The lowest BCUT2D eigenvalue weighted by molar-refractivity contribution is -0.120. The van der Waals surface area contributed by atoms with Crippen molar-refractivity contribution in [3.8, 4) is 11.5 Å². The fraction of sp³-hybridized carbons (Fsp3) is 0.417. The van der Waals surface area contributed by atoms with Gasteiger partial charge in [-0.1, -0.05) is 0 Å². The molecular formula is C12H18N2O3. The lowest BCUT2D eigenvalue weighted by Crippen LogP contribution is -2.29. The number of hydrogen-bond donors (Lipinski definition) is 2. The SMILES string of the molecule is COc1ccc(OCCNC(=O)CCN)cc1. The number of amides is 1. The lowest BCUT2D eigenvalue weighted by Gasteiger charge is -2.08. The topological polar surface area (TPSA) is 73.6 Å². The van der Waals surface area contributed by atoms with Crippen LogP contribution in [-0.2, 0) is 4.79 Å². The van der Waals surface area contributed by atoms with Gasteiger partial charge in [0, 0.05) is 13.0 Å². The quantitative estimate of drug-likeness (QED) is 0.680. The number of carbonyl (C=O) groups excluding carboxylic acids is 1. The Bertz CT molecular complexity index is 338. The van der Waals surface area contributed by atoms with E-state index >= 15 is 0 Å². The highest BCUT2D eigenvalue weighted by atomic mass is 16.5. The molecule has 0 saturated heterocycles. The maximum Gasteiger partial charge on any atom is 0.221 e. The van der Waals surface area contributed by atoms with Crippen molar-refractivity contribution in [2.45, 2.75) is 6.42 Å². The van der Waals surface area contributed by atoms with Crippen molar-refractivity contribution < 1.29 is 14.3 Å². The van der Waals surface area contributed by atoms with Gasteiger partial charge in [0.1, 0.15) is 18.1 Å². The second-order valence-corrected chi connectivity index (χ2v) is 3.41. The first-order valence-electron chi connectivity index (χ1n) is 5.50. The zero-order valence-electron chi connectivity index (χ0n) is 9.94. The standard InChI is InChI=1S/C12H18N2O3/c1-16-10-2-4-11(5-3-10)17-9-8-14-12(15)6-7-13/h2-5H,6-9,13H2,1H3,(H,14,15). The van der Waals surface area contributed by atoms with Crippen LogP contribution in [0.3, 0.4) is 0 Å². The van der Waals surface area contributed by atoms with Crippen LogP contribution in [0.25, 0.3) is 0 Å². The number of nitrogens with one attached hydrogen (secondary N) is 1. The Labute approximate surface area is 101 Å². The molecule has 0 aromatic heterocycles. The molecule has 0 aliphatic rings. The average Bonchev–Trinajstić information content (AvgIpc) is 2.36. The van der Waals surface area contributed by atoms with E-state index < -0.39 is 0 Å². The minimum Gasteiger partial charge on any atom is -0.497 e. The Morgan fingerprint density at radius 3 is 2.53 bits per heavy atom. The first-order valence-corrected chi connectivity index (χ1v) is 5.50. The van der Waals surface area contributed by atoms with Crippen molar-refractivity contribution in [1.29, 1.82) is 0 Å². The molecule has 5 heteroatoms. The Morgan fingerprint density at radius 1 is 1.29 bits per heavy atom. The van der Waals surface area contributed by atoms with Gasteiger partial charge in [0.25, 0.3) is 0 Å². The number of rotatable bonds is 7. The van der Waals surface area contributed by atoms with E-state index in [0.717, 1.165) is 11.5 Å². The Hall–Kier alpha value is -1.75. The predicted octanol–water partition coefficient (Wildman–Crippen LogP) is 0.539. The van der Waals surface area contributed by atoms with E-state index in [4.69, 9.17) is 15.2 Å². The lowest BCUT2D eigenvalue weighted by atomic mass is 10.3.